The van der Waals surface area contributed by atoms with E-state index in [1.54, 1.807) is 6.07 Å². The predicted molar refractivity (Wildman–Crippen MR) is 105 cm³/mol. The average molecular weight is 381 g/mol. The molecule has 28 heavy (non-hydrogen) atoms. The molecule has 0 saturated carbocycles. The van der Waals surface area contributed by atoms with Crippen LogP contribution in [0, 0.1) is 5.82 Å². The van der Waals surface area contributed by atoms with E-state index in [0.717, 1.165) is 53.9 Å². The lowest BCUT2D eigenvalue weighted by atomic mass is 9.87. The number of carbonyl (C=O) groups is 2. The monoisotopic (exact) mass is 381 g/mol. The molecule has 2 amide bonds. The van der Waals surface area contributed by atoms with E-state index in [9.17, 15) is 14.0 Å². The summed E-state index contributed by atoms with van der Waals surface area (Å²) in [6.07, 6.45) is 4.79. The van der Waals surface area contributed by atoms with Crippen molar-refractivity contribution in [3.05, 3.63) is 45.9 Å². The summed E-state index contributed by atoms with van der Waals surface area (Å²) in [6, 6.07) is 3.34. The second-order valence-corrected chi connectivity index (χ2v) is 8.26. The zero-order chi connectivity index (χ0) is 19.4. The highest BCUT2D eigenvalue weighted by atomic mass is 19.1. The number of hydrogen-bond donors (Lipinski definition) is 2. The van der Waals surface area contributed by atoms with Crippen molar-refractivity contribution in [1.82, 2.24) is 15.5 Å². The lowest BCUT2D eigenvalue weighted by Gasteiger charge is -2.32. The van der Waals surface area contributed by atoms with Gasteiger partial charge in [0, 0.05) is 24.2 Å². The fraction of sp³-hybridized carbons (Fsp3) is 0.455. The number of nitrogens with one attached hydrogen (secondary N) is 2. The number of benzene rings is 1. The first-order valence-electron chi connectivity index (χ1n) is 10.1. The van der Waals surface area contributed by atoms with Crippen LogP contribution >= 0.6 is 0 Å². The van der Waals surface area contributed by atoms with Crippen LogP contribution in [0.2, 0.25) is 0 Å². The Morgan fingerprint density at radius 2 is 1.93 bits per heavy atom. The molecule has 4 aliphatic rings. The minimum atomic E-state index is -0.348. The van der Waals surface area contributed by atoms with Crippen molar-refractivity contribution in [3.8, 4) is 0 Å². The third kappa shape index (κ3) is 2.70. The van der Waals surface area contributed by atoms with Crippen molar-refractivity contribution in [1.29, 1.82) is 0 Å². The van der Waals surface area contributed by atoms with Crippen molar-refractivity contribution < 1.29 is 14.0 Å². The molecular weight excluding hydrogens is 357 g/mol. The van der Waals surface area contributed by atoms with Crippen LogP contribution in [-0.4, -0.2) is 42.4 Å². The molecule has 2 N–H and O–H groups in total. The molecule has 1 aromatic rings. The van der Waals surface area contributed by atoms with Crippen molar-refractivity contribution in [2.24, 2.45) is 0 Å². The maximum absolute atomic E-state index is 14.9. The highest BCUT2D eigenvalue weighted by Gasteiger charge is 2.40. The number of rotatable bonds is 2. The molecule has 5 nitrogen and oxygen atoms in total. The lowest BCUT2D eigenvalue weighted by Crippen LogP contribution is -2.51. The van der Waals surface area contributed by atoms with Crippen LogP contribution in [0.1, 0.15) is 55.2 Å². The molecule has 146 valence electrons. The van der Waals surface area contributed by atoms with E-state index in [2.05, 4.69) is 22.5 Å². The Kier molecular flexibility index (Phi) is 4.12. The Morgan fingerprint density at radius 3 is 2.68 bits per heavy atom. The van der Waals surface area contributed by atoms with E-state index >= 15 is 0 Å². The number of piperidine rings is 2. The predicted octanol–water partition coefficient (Wildman–Crippen LogP) is 2.54. The molecule has 1 aromatic carbocycles. The second-order valence-electron chi connectivity index (χ2n) is 8.26. The molecule has 0 radical (unpaired) electrons. The highest BCUT2D eigenvalue weighted by molar-refractivity contribution is 6.02. The van der Waals surface area contributed by atoms with Crippen molar-refractivity contribution >= 4 is 23.5 Å². The fourth-order valence-corrected chi connectivity index (χ4v) is 5.10. The first kappa shape index (κ1) is 17.6. The largest absolute Gasteiger partial charge is 0.355 e. The number of imide groups is 1. The van der Waals surface area contributed by atoms with Gasteiger partial charge in [-0.2, -0.15) is 0 Å². The van der Waals surface area contributed by atoms with Crippen LogP contribution in [-0.2, 0) is 9.59 Å². The van der Waals surface area contributed by atoms with E-state index in [-0.39, 0.29) is 29.6 Å². The number of nitrogens with zero attached hydrogens (tertiary/aromatic N) is 1. The topological polar surface area (TPSA) is 61.4 Å². The van der Waals surface area contributed by atoms with Gasteiger partial charge in [0.15, 0.2) is 0 Å². The van der Waals surface area contributed by atoms with Gasteiger partial charge < -0.3 is 10.2 Å². The van der Waals surface area contributed by atoms with E-state index in [0.29, 0.717) is 19.4 Å². The summed E-state index contributed by atoms with van der Waals surface area (Å²) in [7, 11) is 0. The van der Waals surface area contributed by atoms with Gasteiger partial charge in [0.1, 0.15) is 11.9 Å². The molecule has 1 atom stereocenters. The molecule has 1 unspecified atom stereocenters. The highest BCUT2D eigenvalue weighted by Crippen LogP contribution is 2.46. The second kappa shape index (κ2) is 6.55. The Hall–Kier alpha value is -2.47. The first-order valence-corrected chi connectivity index (χ1v) is 10.1. The van der Waals surface area contributed by atoms with Gasteiger partial charge in [0.25, 0.3) is 0 Å². The molecule has 6 heteroatoms. The van der Waals surface area contributed by atoms with E-state index in [1.165, 1.54) is 5.57 Å². The number of hydrogen-bond acceptors (Lipinski definition) is 4. The Morgan fingerprint density at radius 1 is 1.14 bits per heavy atom. The van der Waals surface area contributed by atoms with Crippen LogP contribution < -0.4 is 10.6 Å². The minimum Gasteiger partial charge on any atom is -0.355 e. The SMILES string of the molecule is CC1=C2C(=Cc3cc(F)c(C4CCNCC4)cc32)N(C2CCC(=O)NC2=O)C1. The number of amides is 2. The van der Waals surface area contributed by atoms with Gasteiger partial charge in [0.05, 0.1) is 0 Å². The summed E-state index contributed by atoms with van der Waals surface area (Å²) in [5.74, 6) is -0.316. The Bertz CT molecular complexity index is 943. The molecule has 5 rings (SSSR count). The van der Waals surface area contributed by atoms with E-state index in [4.69, 9.17) is 0 Å². The van der Waals surface area contributed by atoms with Crippen LogP contribution in [0.3, 0.4) is 0 Å². The number of carbonyl (C=O) groups excluding carboxylic acids is 2. The molecule has 3 heterocycles. The molecule has 2 saturated heterocycles. The van der Waals surface area contributed by atoms with Crippen molar-refractivity contribution in [2.75, 3.05) is 19.6 Å². The molecule has 3 aliphatic heterocycles. The zero-order valence-electron chi connectivity index (χ0n) is 16.0. The standard InChI is InChI=1S/C22H24FN3O2/c1-12-11-26(18-2-3-20(27)25-22(18)28)19-9-14-8-17(23)15(10-16(14)21(12)19)13-4-6-24-7-5-13/h8-10,13,18,24H,2-7,11H2,1H3,(H,25,27,28). The summed E-state index contributed by atoms with van der Waals surface area (Å²) in [5.41, 5.74) is 6.10. The third-order valence-corrected chi connectivity index (χ3v) is 6.50. The zero-order valence-corrected chi connectivity index (χ0v) is 16.0. The van der Waals surface area contributed by atoms with Crippen molar-refractivity contribution in [3.63, 3.8) is 0 Å². The minimum absolute atomic E-state index is 0.131. The molecule has 1 aliphatic carbocycles. The van der Waals surface area contributed by atoms with Crippen LogP contribution in [0.25, 0.3) is 11.6 Å². The Labute approximate surface area is 163 Å². The molecule has 0 aromatic heterocycles. The third-order valence-electron chi connectivity index (χ3n) is 6.50. The summed E-state index contributed by atoms with van der Waals surface area (Å²) in [4.78, 5) is 26.0. The maximum Gasteiger partial charge on any atom is 0.249 e. The lowest BCUT2D eigenvalue weighted by molar-refractivity contribution is -0.136. The smallest absolute Gasteiger partial charge is 0.249 e. The summed E-state index contributed by atoms with van der Waals surface area (Å²) < 4.78 is 14.9. The van der Waals surface area contributed by atoms with Gasteiger partial charge in [-0.1, -0.05) is 0 Å². The van der Waals surface area contributed by atoms with Crippen LogP contribution in [0.15, 0.2) is 23.4 Å². The molecule has 0 bridgehead atoms. The van der Waals surface area contributed by atoms with Crippen LogP contribution in [0.4, 0.5) is 4.39 Å². The van der Waals surface area contributed by atoms with Gasteiger partial charge in [-0.3, -0.25) is 14.9 Å². The molecular formula is C22H24FN3O2. The first-order chi connectivity index (χ1) is 13.5. The fourth-order valence-electron chi connectivity index (χ4n) is 5.10. The molecule has 0 spiro atoms. The van der Waals surface area contributed by atoms with E-state index < -0.39 is 0 Å². The quantitative estimate of drug-likeness (QED) is 0.773. The summed E-state index contributed by atoms with van der Waals surface area (Å²) in [6.45, 7) is 4.61. The normalized spacial score (nSPS) is 25.0. The van der Waals surface area contributed by atoms with Gasteiger partial charge in [0.2, 0.25) is 11.8 Å². The van der Waals surface area contributed by atoms with Gasteiger partial charge >= 0.3 is 0 Å². The average Bonchev–Trinajstić information content (AvgIpc) is 3.19. The van der Waals surface area contributed by atoms with Gasteiger partial charge in [-0.05, 0) is 85.7 Å². The van der Waals surface area contributed by atoms with Gasteiger partial charge in [-0.15, -0.1) is 0 Å². The van der Waals surface area contributed by atoms with Crippen molar-refractivity contribution in [2.45, 2.75) is 44.6 Å². The summed E-state index contributed by atoms with van der Waals surface area (Å²) >= 11 is 0. The number of allylic oxidation sites excluding steroid dienone is 1. The van der Waals surface area contributed by atoms with E-state index in [1.807, 2.05) is 12.1 Å². The maximum atomic E-state index is 14.9. The van der Waals surface area contributed by atoms with Gasteiger partial charge in [-0.25, -0.2) is 4.39 Å². The Balaban J connectivity index is 1.49. The molecule has 2 fully saturated rings. The number of halogens is 1. The summed E-state index contributed by atoms with van der Waals surface area (Å²) in [5, 5.41) is 5.79. The van der Waals surface area contributed by atoms with Crippen LogP contribution in [0.5, 0.6) is 0 Å². The number of fused-ring (bicyclic) bond motifs is 3.